The molecule has 1 atom stereocenters. The minimum atomic E-state index is -1.30. The monoisotopic (exact) mass is 295 g/mol. The minimum Gasteiger partial charge on any atom is -0.497 e. The van der Waals surface area contributed by atoms with Crippen LogP contribution in [0.15, 0.2) is 48.5 Å². The third-order valence-electron chi connectivity index (χ3n) is 4.01. The molecule has 0 aliphatic rings. The number of methoxy groups -OCH3 is 1. The normalized spacial score (nSPS) is 14.0. The van der Waals surface area contributed by atoms with Crippen LogP contribution in [0.3, 0.4) is 0 Å². The van der Waals surface area contributed by atoms with Crippen molar-refractivity contribution in [3.05, 3.63) is 65.2 Å². The molecule has 114 valence electrons. The van der Waals surface area contributed by atoms with Crippen LogP contribution in [0.2, 0.25) is 0 Å². The lowest BCUT2D eigenvalue weighted by Gasteiger charge is -2.41. The third-order valence-corrected chi connectivity index (χ3v) is 4.01. The standard InChI is InChI=1S/C19H21NO2/c1-18(2,3)19(21,15-8-6-5-7-9-15)17-12-16(22-4)11-10-14(17)13-20/h5-12,21H,1-4H3/t19-/m1/s1. The van der Waals surface area contributed by atoms with Gasteiger partial charge in [0.25, 0.3) is 0 Å². The highest BCUT2D eigenvalue weighted by Crippen LogP contribution is 2.46. The van der Waals surface area contributed by atoms with Crippen LogP contribution in [-0.4, -0.2) is 12.2 Å². The molecule has 0 amide bonds. The molecule has 3 nitrogen and oxygen atoms in total. The van der Waals surface area contributed by atoms with Crippen molar-refractivity contribution < 1.29 is 9.84 Å². The molecule has 0 spiro atoms. The van der Waals surface area contributed by atoms with Gasteiger partial charge in [-0.25, -0.2) is 0 Å². The molecule has 2 rings (SSSR count). The van der Waals surface area contributed by atoms with Gasteiger partial charge < -0.3 is 9.84 Å². The van der Waals surface area contributed by atoms with Crippen molar-refractivity contribution in [1.29, 1.82) is 5.26 Å². The Bertz CT molecular complexity index is 696. The number of nitriles is 1. The van der Waals surface area contributed by atoms with Gasteiger partial charge in [-0.2, -0.15) is 5.26 Å². The highest BCUT2D eigenvalue weighted by Gasteiger charge is 2.44. The highest BCUT2D eigenvalue weighted by molar-refractivity contribution is 5.51. The summed E-state index contributed by atoms with van der Waals surface area (Å²) in [7, 11) is 1.57. The largest absolute Gasteiger partial charge is 0.497 e. The van der Waals surface area contributed by atoms with Gasteiger partial charge in [0.2, 0.25) is 0 Å². The average molecular weight is 295 g/mol. The molecular formula is C19H21NO2. The Labute approximate surface area is 131 Å². The Balaban J connectivity index is 2.80. The second-order valence-corrected chi connectivity index (χ2v) is 6.35. The van der Waals surface area contributed by atoms with E-state index in [1.807, 2.05) is 51.1 Å². The topological polar surface area (TPSA) is 53.2 Å². The Hall–Kier alpha value is -2.31. The molecule has 0 bridgehead atoms. The molecule has 22 heavy (non-hydrogen) atoms. The number of nitrogens with zero attached hydrogens (tertiary/aromatic N) is 1. The quantitative estimate of drug-likeness (QED) is 0.935. The van der Waals surface area contributed by atoms with E-state index in [0.717, 1.165) is 5.56 Å². The number of rotatable bonds is 3. The van der Waals surface area contributed by atoms with Gasteiger partial charge in [0.05, 0.1) is 18.7 Å². The molecular weight excluding hydrogens is 274 g/mol. The first-order valence-corrected chi connectivity index (χ1v) is 7.21. The first kappa shape index (κ1) is 16.1. The molecule has 3 heteroatoms. The molecule has 0 aliphatic heterocycles. The first-order valence-electron chi connectivity index (χ1n) is 7.21. The van der Waals surface area contributed by atoms with Crippen molar-refractivity contribution in [1.82, 2.24) is 0 Å². The van der Waals surface area contributed by atoms with Gasteiger partial charge in [-0.15, -0.1) is 0 Å². The number of benzene rings is 2. The molecule has 0 saturated carbocycles. The summed E-state index contributed by atoms with van der Waals surface area (Å²) in [6.45, 7) is 5.88. The lowest BCUT2D eigenvalue weighted by Crippen LogP contribution is -2.41. The number of ether oxygens (including phenoxy) is 1. The first-order chi connectivity index (χ1) is 10.3. The van der Waals surface area contributed by atoms with Gasteiger partial charge in [-0.3, -0.25) is 0 Å². The van der Waals surface area contributed by atoms with Gasteiger partial charge in [-0.05, 0) is 29.2 Å². The lowest BCUT2D eigenvalue weighted by atomic mass is 9.67. The summed E-state index contributed by atoms with van der Waals surface area (Å²) < 4.78 is 5.28. The smallest absolute Gasteiger partial charge is 0.121 e. The van der Waals surface area contributed by atoms with Crippen LogP contribution in [0.25, 0.3) is 0 Å². The Kier molecular flexibility index (Phi) is 4.25. The molecule has 1 N–H and O–H groups in total. The van der Waals surface area contributed by atoms with Crippen LogP contribution in [0.5, 0.6) is 5.75 Å². The van der Waals surface area contributed by atoms with Crippen LogP contribution in [0.1, 0.15) is 37.5 Å². The van der Waals surface area contributed by atoms with Crippen molar-refractivity contribution in [2.45, 2.75) is 26.4 Å². The lowest BCUT2D eigenvalue weighted by molar-refractivity contribution is -0.0262. The molecule has 0 unspecified atom stereocenters. The average Bonchev–Trinajstić information content (AvgIpc) is 2.53. The van der Waals surface area contributed by atoms with Gasteiger partial charge in [0.15, 0.2) is 0 Å². The summed E-state index contributed by atoms with van der Waals surface area (Å²) in [4.78, 5) is 0. The van der Waals surface area contributed by atoms with Crippen LogP contribution in [-0.2, 0) is 5.60 Å². The second kappa shape index (κ2) is 5.82. The van der Waals surface area contributed by atoms with Crippen LogP contribution < -0.4 is 4.74 Å². The minimum absolute atomic E-state index is 0.446. The van der Waals surface area contributed by atoms with Crippen molar-refractivity contribution in [3.63, 3.8) is 0 Å². The SMILES string of the molecule is COc1ccc(C#N)c([C@](O)(c2ccccc2)C(C)(C)C)c1. The second-order valence-electron chi connectivity index (χ2n) is 6.35. The Morgan fingerprint density at radius 1 is 1.05 bits per heavy atom. The van der Waals surface area contributed by atoms with E-state index >= 15 is 0 Å². The van der Waals surface area contributed by atoms with E-state index in [1.165, 1.54) is 0 Å². The zero-order chi connectivity index (χ0) is 16.4. The van der Waals surface area contributed by atoms with Crippen molar-refractivity contribution in [2.75, 3.05) is 7.11 Å². The molecule has 0 heterocycles. The van der Waals surface area contributed by atoms with Crippen molar-refractivity contribution in [2.24, 2.45) is 5.41 Å². The fraction of sp³-hybridized carbons (Fsp3) is 0.316. The molecule has 2 aromatic carbocycles. The maximum Gasteiger partial charge on any atom is 0.121 e. The van der Waals surface area contributed by atoms with E-state index in [-0.39, 0.29) is 0 Å². The van der Waals surface area contributed by atoms with E-state index in [4.69, 9.17) is 4.74 Å². The summed E-state index contributed by atoms with van der Waals surface area (Å²) in [6, 6.07) is 16.8. The Morgan fingerprint density at radius 2 is 1.68 bits per heavy atom. The maximum absolute atomic E-state index is 11.6. The van der Waals surface area contributed by atoms with Gasteiger partial charge in [0.1, 0.15) is 11.4 Å². The van der Waals surface area contributed by atoms with Crippen molar-refractivity contribution in [3.8, 4) is 11.8 Å². The molecule has 0 radical (unpaired) electrons. The Morgan fingerprint density at radius 3 is 2.18 bits per heavy atom. The zero-order valence-corrected chi connectivity index (χ0v) is 13.4. The summed E-state index contributed by atoms with van der Waals surface area (Å²) in [5.41, 5.74) is -0.0393. The fourth-order valence-corrected chi connectivity index (χ4v) is 2.72. The van der Waals surface area contributed by atoms with Gasteiger partial charge in [0, 0.05) is 5.56 Å². The summed E-state index contributed by atoms with van der Waals surface area (Å²) >= 11 is 0. The zero-order valence-electron chi connectivity index (χ0n) is 13.4. The molecule has 0 aromatic heterocycles. The molecule has 0 saturated heterocycles. The predicted molar refractivity (Wildman–Crippen MR) is 86.6 cm³/mol. The highest BCUT2D eigenvalue weighted by atomic mass is 16.5. The van der Waals surface area contributed by atoms with Crippen LogP contribution >= 0.6 is 0 Å². The summed E-state index contributed by atoms with van der Waals surface area (Å²) in [5.74, 6) is 0.618. The van der Waals surface area contributed by atoms with Gasteiger partial charge in [-0.1, -0.05) is 51.1 Å². The molecule has 0 aliphatic carbocycles. The van der Waals surface area contributed by atoms with E-state index in [0.29, 0.717) is 16.9 Å². The van der Waals surface area contributed by atoms with E-state index in [2.05, 4.69) is 6.07 Å². The fourth-order valence-electron chi connectivity index (χ4n) is 2.72. The van der Waals surface area contributed by atoms with E-state index < -0.39 is 11.0 Å². The van der Waals surface area contributed by atoms with E-state index in [9.17, 15) is 10.4 Å². The van der Waals surface area contributed by atoms with Crippen LogP contribution in [0, 0.1) is 16.7 Å². The van der Waals surface area contributed by atoms with Crippen molar-refractivity contribution >= 4 is 0 Å². The van der Waals surface area contributed by atoms with E-state index in [1.54, 1.807) is 25.3 Å². The van der Waals surface area contributed by atoms with Gasteiger partial charge >= 0.3 is 0 Å². The number of hydrogen-bond acceptors (Lipinski definition) is 3. The third kappa shape index (κ3) is 2.58. The summed E-state index contributed by atoms with van der Waals surface area (Å²) in [6.07, 6.45) is 0. The van der Waals surface area contributed by atoms with Crippen LogP contribution in [0.4, 0.5) is 0 Å². The predicted octanol–water partition coefficient (Wildman–Crippen LogP) is 3.85. The number of hydrogen-bond donors (Lipinski definition) is 1. The number of aliphatic hydroxyl groups is 1. The molecule has 0 fully saturated rings. The molecule has 2 aromatic rings. The summed E-state index contributed by atoms with van der Waals surface area (Å²) in [5, 5.41) is 21.1. The maximum atomic E-state index is 11.6.